The molecule has 0 spiro atoms. The fourth-order valence-corrected chi connectivity index (χ4v) is 11.8. The normalized spacial score (nSPS) is 21.7. The summed E-state index contributed by atoms with van der Waals surface area (Å²) in [6.45, 7) is 32.9. The number of rotatable bonds is 11. The van der Waals surface area contributed by atoms with Gasteiger partial charge in [-0.25, -0.2) is 0 Å². The van der Waals surface area contributed by atoms with E-state index >= 15 is 0 Å². The summed E-state index contributed by atoms with van der Waals surface area (Å²) >= 11 is 6.38. The van der Waals surface area contributed by atoms with Crippen LogP contribution in [0.4, 0.5) is 0 Å². The third-order valence-electron chi connectivity index (χ3n) is 17.9. The molecule has 450 valence electrons. The molecule has 4 aromatic rings. The van der Waals surface area contributed by atoms with Crippen molar-refractivity contribution in [1.29, 1.82) is 0 Å². The summed E-state index contributed by atoms with van der Waals surface area (Å²) in [6, 6.07) is 26.2. The minimum atomic E-state index is -1.90. The Morgan fingerprint density at radius 1 is 0.627 bits per heavy atom. The molecular formula is C61H94B3ClN8O8Si2. The Kier molecular flexibility index (Phi) is 22.8. The molecule has 10 rings (SSSR count). The summed E-state index contributed by atoms with van der Waals surface area (Å²) in [6.07, 6.45) is 8.51. The SMILES string of the molecule is CC1CCC(c2ccc(B(O)O)c(CO[Si](C)(C)C(C)(C)C)c2)NN1.CC1CCC(c2ccc(Cl)c(CO[Si](C)(C)C(C)(C)C)c2)=NN1.CC1CCC(c2ccc3c(c2)COB3O)=NN1.CC1CCC(c2ccc3c(c2)COB3O)=NN1C. The fourth-order valence-electron chi connectivity index (χ4n) is 9.72. The largest absolute Gasteiger partial charge is 0.491 e. The zero-order valence-electron chi connectivity index (χ0n) is 52.1. The van der Waals surface area contributed by atoms with Crippen LogP contribution in [-0.4, -0.2) is 111 Å². The molecule has 0 bridgehead atoms. The van der Waals surface area contributed by atoms with Crippen LogP contribution in [0, 0.1) is 0 Å². The average molecular weight is 1190 g/mol. The van der Waals surface area contributed by atoms with Crippen molar-refractivity contribution in [2.45, 2.75) is 214 Å². The first-order valence-corrected chi connectivity index (χ1v) is 36.1. The highest BCUT2D eigenvalue weighted by Gasteiger charge is 2.39. The maximum absolute atomic E-state index is 9.71. The lowest BCUT2D eigenvalue weighted by Crippen LogP contribution is -2.46. The van der Waals surface area contributed by atoms with E-state index in [1.807, 2.05) is 54.5 Å². The topological polar surface area (TPSA) is 206 Å². The molecule has 1 fully saturated rings. The second kappa shape index (κ2) is 28.5. The molecule has 8 N–H and O–H groups in total. The fraction of sp³-hybridized carbons (Fsp3) is 0.557. The van der Waals surface area contributed by atoms with Gasteiger partial charge in [-0.3, -0.25) is 15.9 Å². The Morgan fingerprint density at radius 3 is 1.59 bits per heavy atom. The van der Waals surface area contributed by atoms with E-state index in [9.17, 15) is 20.1 Å². The summed E-state index contributed by atoms with van der Waals surface area (Å²) in [7, 11) is -4.66. The van der Waals surface area contributed by atoms with Gasteiger partial charge in [0.25, 0.3) is 0 Å². The number of benzene rings is 4. The van der Waals surface area contributed by atoms with Gasteiger partial charge in [-0.15, -0.1) is 0 Å². The van der Waals surface area contributed by atoms with E-state index < -0.39 is 38.0 Å². The Morgan fingerprint density at radius 2 is 1.12 bits per heavy atom. The van der Waals surface area contributed by atoms with Crippen LogP contribution in [0.3, 0.4) is 0 Å². The van der Waals surface area contributed by atoms with Crippen LogP contribution in [0.25, 0.3) is 0 Å². The van der Waals surface area contributed by atoms with Gasteiger partial charge in [-0.2, -0.15) is 15.3 Å². The van der Waals surface area contributed by atoms with E-state index in [0.29, 0.717) is 56.1 Å². The molecule has 0 amide bonds. The van der Waals surface area contributed by atoms with Crippen LogP contribution < -0.4 is 38.1 Å². The van der Waals surface area contributed by atoms with Crippen molar-refractivity contribution in [2.24, 2.45) is 15.3 Å². The third-order valence-corrected chi connectivity index (χ3v) is 27.2. The Bertz CT molecular complexity index is 2930. The highest BCUT2D eigenvalue weighted by Crippen LogP contribution is 2.39. The number of nitrogens with one attached hydrogen (secondary N) is 4. The molecule has 16 nitrogen and oxygen atoms in total. The highest BCUT2D eigenvalue weighted by molar-refractivity contribution is 6.74. The van der Waals surface area contributed by atoms with E-state index in [0.717, 1.165) is 129 Å². The van der Waals surface area contributed by atoms with Crippen molar-refractivity contribution in [2.75, 3.05) is 7.05 Å². The van der Waals surface area contributed by atoms with Gasteiger partial charge in [-0.1, -0.05) is 102 Å². The second-order valence-electron chi connectivity index (χ2n) is 26.5. The van der Waals surface area contributed by atoms with Gasteiger partial charge >= 0.3 is 21.4 Å². The molecule has 0 aliphatic carbocycles. The lowest BCUT2D eigenvalue weighted by molar-refractivity contribution is 0.246. The molecule has 6 aliphatic heterocycles. The molecule has 0 radical (unpaired) electrons. The maximum Gasteiger partial charge on any atom is 0.491 e. The summed E-state index contributed by atoms with van der Waals surface area (Å²) < 4.78 is 23.0. The van der Waals surface area contributed by atoms with Crippen LogP contribution in [0.15, 0.2) is 88.1 Å². The predicted octanol–water partition coefficient (Wildman–Crippen LogP) is 8.65. The molecule has 6 aliphatic rings. The minimum Gasteiger partial charge on any atom is -0.423 e. The predicted molar refractivity (Wildman–Crippen MR) is 347 cm³/mol. The third kappa shape index (κ3) is 17.7. The van der Waals surface area contributed by atoms with Crippen molar-refractivity contribution < 1.29 is 38.3 Å². The number of hydrazone groups is 3. The average Bonchev–Trinajstić information content (AvgIpc) is 4.22. The number of hydrogen-bond acceptors (Lipinski definition) is 16. The van der Waals surface area contributed by atoms with Crippen molar-refractivity contribution in [1.82, 2.24) is 26.7 Å². The standard InChI is InChI=1S/C18H33BN2O3Si.C18H29ClN2OSi.C13H17BN2O2.C12H15BN2O2/c1-13-7-10-17(21-20-13)14-8-9-16(19(22)23)15(11-14)12-24-25(5,6)18(2,3)4;1-13-7-10-17(21-20-13)14-8-9-16(19)15(11-14)12-22-23(5,6)18(2,3)4;1-9-3-6-13(15-16(9)2)10-4-5-12-11(7-10)8-18-14(12)17;1-8-2-5-12(15-14-8)9-3-4-11-10(6-9)7-17-13(11)16/h8-9,11,13,17,20-23H,7,10,12H2,1-6H3;8-9,11,13,20H,7,10,12H2,1-6H3;4-5,7,9,17H,3,6,8H2,1-2H3;3-4,6,8,14,16H,2,5,7H2,1H3. The number of fused-ring (bicyclic) bond motifs is 2. The van der Waals surface area contributed by atoms with Crippen LogP contribution >= 0.6 is 11.6 Å². The van der Waals surface area contributed by atoms with Gasteiger partial charge < -0.3 is 49.1 Å². The van der Waals surface area contributed by atoms with E-state index in [4.69, 9.17) is 29.8 Å². The van der Waals surface area contributed by atoms with Crippen LogP contribution in [0.5, 0.6) is 0 Å². The number of hydrazine groups is 1. The Balaban J connectivity index is 0.000000161. The molecular weight excluding hydrogens is 1100 g/mol. The molecule has 0 saturated carbocycles. The first-order chi connectivity index (χ1) is 39.0. The molecule has 1 saturated heterocycles. The lowest BCUT2D eigenvalue weighted by Gasteiger charge is -2.36. The van der Waals surface area contributed by atoms with Gasteiger partial charge in [0.2, 0.25) is 0 Å². The second-order valence-corrected chi connectivity index (χ2v) is 36.5. The molecule has 6 heterocycles. The Hall–Kier alpha value is -4.19. The molecule has 0 aromatic heterocycles. The van der Waals surface area contributed by atoms with Gasteiger partial charge in [0, 0.05) is 42.3 Å². The van der Waals surface area contributed by atoms with E-state index in [2.05, 4.69) is 163 Å². The van der Waals surface area contributed by atoms with Gasteiger partial charge in [-0.05, 0) is 200 Å². The van der Waals surface area contributed by atoms with E-state index in [-0.39, 0.29) is 16.1 Å². The first-order valence-electron chi connectivity index (χ1n) is 29.9. The van der Waals surface area contributed by atoms with E-state index in [1.165, 1.54) is 0 Å². The van der Waals surface area contributed by atoms with Crippen LogP contribution in [0.1, 0.15) is 171 Å². The van der Waals surface area contributed by atoms with Crippen molar-refractivity contribution >= 4 is 83.1 Å². The minimum absolute atomic E-state index is 0.119. The zero-order chi connectivity index (χ0) is 60.6. The maximum atomic E-state index is 9.71. The Labute approximate surface area is 503 Å². The zero-order valence-corrected chi connectivity index (χ0v) is 54.9. The smallest absolute Gasteiger partial charge is 0.423 e. The summed E-state index contributed by atoms with van der Waals surface area (Å²) in [5, 5.41) is 55.2. The number of hydrogen-bond donors (Lipinski definition) is 8. The summed E-state index contributed by atoms with van der Waals surface area (Å²) in [4.78, 5) is 0. The molecule has 4 aromatic carbocycles. The molecule has 83 heavy (non-hydrogen) atoms. The summed E-state index contributed by atoms with van der Waals surface area (Å²) in [5.41, 5.74) is 27.2. The lowest BCUT2D eigenvalue weighted by atomic mass is 9.76. The first kappa shape index (κ1) is 66.3. The monoisotopic (exact) mass is 1190 g/mol. The highest BCUT2D eigenvalue weighted by atomic mass is 35.5. The van der Waals surface area contributed by atoms with Crippen LogP contribution in [-0.2, 0) is 44.6 Å². The van der Waals surface area contributed by atoms with Crippen molar-refractivity contribution in [3.63, 3.8) is 0 Å². The summed E-state index contributed by atoms with van der Waals surface area (Å²) in [5.74, 6) is 0. The van der Waals surface area contributed by atoms with E-state index in [1.54, 1.807) is 0 Å². The van der Waals surface area contributed by atoms with Gasteiger partial charge in [0.15, 0.2) is 16.6 Å². The number of nitrogens with zero attached hydrogens (tertiary/aromatic N) is 4. The van der Waals surface area contributed by atoms with Crippen molar-refractivity contribution in [3.05, 3.63) is 122 Å². The molecule has 5 atom stereocenters. The molecule has 22 heteroatoms. The quantitative estimate of drug-likeness (QED) is 0.0663. The molecule has 5 unspecified atom stereocenters. The number of halogens is 1. The van der Waals surface area contributed by atoms with Crippen molar-refractivity contribution in [3.8, 4) is 0 Å². The van der Waals surface area contributed by atoms with Crippen LogP contribution in [0.2, 0.25) is 41.3 Å². The van der Waals surface area contributed by atoms with Gasteiger partial charge in [0.1, 0.15) is 0 Å². The van der Waals surface area contributed by atoms with Gasteiger partial charge in [0.05, 0.1) is 43.6 Å².